The number of carbonyl (C=O) groups excluding carboxylic acids is 3. The van der Waals surface area contributed by atoms with Crippen molar-refractivity contribution in [2.75, 3.05) is 65.4 Å². The van der Waals surface area contributed by atoms with Gasteiger partial charge in [0.15, 0.2) is 0 Å². The van der Waals surface area contributed by atoms with Gasteiger partial charge in [-0.3, -0.25) is 59.1 Å². The Morgan fingerprint density at radius 2 is 1.24 bits per heavy atom. The van der Waals surface area contributed by atoms with E-state index in [2.05, 4.69) is 26.1 Å². The molecule has 0 saturated heterocycles. The first-order chi connectivity index (χ1) is 21.7. The lowest BCUT2D eigenvalue weighted by atomic mass is 10.1. The molecule has 0 unspecified atom stereocenters. The quantitative estimate of drug-likeness (QED) is 0.0362. The van der Waals surface area contributed by atoms with Crippen LogP contribution < -0.4 is 21.9 Å². The number of hydrazine groups is 1. The van der Waals surface area contributed by atoms with Gasteiger partial charge in [0, 0.05) is 57.5 Å². The summed E-state index contributed by atoms with van der Waals surface area (Å²) in [6.45, 7) is -2.15. The molecule has 20 heteroatoms. The van der Waals surface area contributed by atoms with Crippen LogP contribution in [0.15, 0.2) is 12.5 Å². The van der Waals surface area contributed by atoms with Crippen molar-refractivity contribution >= 4 is 41.6 Å². The molecular weight excluding hydrogens is 614 g/mol. The molecule has 0 bridgehead atoms. The fraction of sp³-hybridized carbons (Fsp3) is 0.615. The molecule has 3 amide bonds. The number of carboxylic acids is 4. The van der Waals surface area contributed by atoms with E-state index >= 15 is 0 Å². The number of carboxylic acid groups (broad SMARTS) is 4. The SMILES string of the molecule is N[C@H](Cc1cnc[nH]1)C(=O)NNC(=O)CCCCCNC(=O)CN(CCN(CC(=O)O)CC(=O)O)CCN(CC(=O)O)CC(=O)O. The average Bonchev–Trinajstić information content (AvgIpc) is 3.46. The molecule has 0 radical (unpaired) electrons. The van der Waals surface area contributed by atoms with Gasteiger partial charge in [-0.25, -0.2) is 4.98 Å². The summed E-state index contributed by atoms with van der Waals surface area (Å²) in [5.41, 5.74) is 11.0. The van der Waals surface area contributed by atoms with E-state index < -0.39 is 73.8 Å². The van der Waals surface area contributed by atoms with Gasteiger partial charge in [0.25, 0.3) is 5.91 Å². The minimum atomic E-state index is -1.24. The number of amides is 3. The van der Waals surface area contributed by atoms with Crippen LogP contribution in [0, 0.1) is 0 Å². The molecule has 1 heterocycles. The predicted octanol–water partition coefficient (Wildman–Crippen LogP) is -3.65. The molecule has 46 heavy (non-hydrogen) atoms. The minimum Gasteiger partial charge on any atom is -0.480 e. The lowest BCUT2D eigenvalue weighted by Crippen LogP contribution is -2.50. The molecule has 0 saturated carbocycles. The van der Waals surface area contributed by atoms with Crippen molar-refractivity contribution in [2.45, 2.75) is 38.1 Å². The highest BCUT2D eigenvalue weighted by Gasteiger charge is 2.20. The van der Waals surface area contributed by atoms with Crippen LogP contribution in [0.25, 0.3) is 0 Å². The van der Waals surface area contributed by atoms with Crippen LogP contribution in [0.4, 0.5) is 0 Å². The van der Waals surface area contributed by atoms with E-state index in [9.17, 15) is 33.6 Å². The maximum absolute atomic E-state index is 12.6. The van der Waals surface area contributed by atoms with Crippen LogP contribution in [-0.4, -0.2) is 158 Å². The minimum absolute atomic E-state index is 0.0392. The number of aromatic nitrogens is 2. The number of nitrogens with one attached hydrogen (secondary N) is 4. The zero-order chi connectivity index (χ0) is 34.5. The fourth-order valence-electron chi connectivity index (χ4n) is 4.12. The highest BCUT2D eigenvalue weighted by atomic mass is 16.4. The molecule has 0 aromatic carbocycles. The normalized spacial score (nSPS) is 11.7. The Kier molecular flexibility index (Phi) is 18.8. The summed E-state index contributed by atoms with van der Waals surface area (Å²) in [5, 5.41) is 39.0. The van der Waals surface area contributed by atoms with Gasteiger partial charge >= 0.3 is 23.9 Å². The number of carbonyl (C=O) groups is 7. The summed E-state index contributed by atoms with van der Waals surface area (Å²) < 4.78 is 0. The number of nitrogens with zero attached hydrogens (tertiary/aromatic N) is 4. The zero-order valence-corrected chi connectivity index (χ0v) is 25.4. The summed E-state index contributed by atoms with van der Waals surface area (Å²) in [6.07, 6.45) is 4.89. The molecule has 258 valence electrons. The van der Waals surface area contributed by atoms with E-state index in [1.54, 1.807) is 4.90 Å². The molecule has 1 atom stereocenters. The fourth-order valence-corrected chi connectivity index (χ4v) is 4.12. The molecule has 0 fully saturated rings. The zero-order valence-electron chi connectivity index (χ0n) is 25.4. The summed E-state index contributed by atoms with van der Waals surface area (Å²) in [4.78, 5) is 91.6. The topological polar surface area (TPSA) is 301 Å². The van der Waals surface area contributed by atoms with Crippen molar-refractivity contribution in [1.82, 2.24) is 40.8 Å². The van der Waals surface area contributed by atoms with Crippen molar-refractivity contribution in [3.05, 3.63) is 18.2 Å². The van der Waals surface area contributed by atoms with Crippen LogP contribution in [0.3, 0.4) is 0 Å². The lowest BCUT2D eigenvalue weighted by Gasteiger charge is -2.28. The second kappa shape index (κ2) is 21.9. The van der Waals surface area contributed by atoms with E-state index in [1.165, 1.54) is 12.5 Å². The molecule has 0 aliphatic heterocycles. The number of imidazole rings is 1. The first-order valence-electron chi connectivity index (χ1n) is 14.4. The Morgan fingerprint density at radius 3 is 1.72 bits per heavy atom. The van der Waals surface area contributed by atoms with Gasteiger partial charge in [-0.2, -0.15) is 0 Å². The van der Waals surface area contributed by atoms with E-state index in [1.807, 2.05) is 0 Å². The maximum Gasteiger partial charge on any atom is 0.317 e. The number of unbranched alkanes of at least 4 members (excludes halogenated alkanes) is 2. The summed E-state index contributed by atoms with van der Waals surface area (Å²) >= 11 is 0. The largest absolute Gasteiger partial charge is 0.480 e. The highest BCUT2D eigenvalue weighted by molar-refractivity contribution is 5.85. The Balaban J connectivity index is 2.49. The van der Waals surface area contributed by atoms with E-state index in [0.29, 0.717) is 25.0 Å². The Bertz CT molecular complexity index is 1080. The molecule has 20 nitrogen and oxygen atoms in total. The van der Waals surface area contributed by atoms with Crippen LogP contribution >= 0.6 is 0 Å². The third-order valence-electron chi connectivity index (χ3n) is 6.33. The van der Waals surface area contributed by atoms with Crippen molar-refractivity contribution in [1.29, 1.82) is 0 Å². The van der Waals surface area contributed by atoms with E-state index in [-0.39, 0.29) is 52.1 Å². The number of H-pyrrole nitrogens is 1. The third-order valence-corrected chi connectivity index (χ3v) is 6.33. The van der Waals surface area contributed by atoms with Gasteiger partial charge in [-0.15, -0.1) is 0 Å². The van der Waals surface area contributed by atoms with Gasteiger partial charge in [0.05, 0.1) is 45.1 Å². The summed E-state index contributed by atoms with van der Waals surface area (Å²) in [7, 11) is 0. The Labute approximate surface area is 264 Å². The monoisotopic (exact) mass is 657 g/mol. The Morgan fingerprint density at radius 1 is 0.717 bits per heavy atom. The first kappa shape index (κ1) is 39.4. The standard InChI is InChI=1S/C26H43N9O11/c27-19(10-18-11-28-17-30-18)26(46)32-31-20(36)4-2-1-3-5-29-21(37)12-33(6-8-34(13-22(38)39)14-23(40)41)7-9-35(15-24(42)43)16-25(44)45/h11,17,19H,1-10,12-16,27H2,(H,28,30)(H,29,37)(H,31,36)(H,32,46)(H,38,39)(H,40,41)(H,42,43)(H,44,45)/t19-/m1/s1. The molecular formula is C26H43N9O11. The second-order valence-corrected chi connectivity index (χ2v) is 10.4. The van der Waals surface area contributed by atoms with E-state index in [0.717, 1.165) is 9.80 Å². The van der Waals surface area contributed by atoms with Crippen molar-refractivity contribution in [2.24, 2.45) is 5.73 Å². The van der Waals surface area contributed by atoms with Crippen LogP contribution in [0.1, 0.15) is 31.4 Å². The number of aromatic amines is 1. The summed E-state index contributed by atoms with van der Waals surface area (Å²) in [6, 6.07) is -0.887. The molecule has 1 aromatic heterocycles. The highest BCUT2D eigenvalue weighted by Crippen LogP contribution is 2.01. The van der Waals surface area contributed by atoms with Crippen LogP contribution in [0.5, 0.6) is 0 Å². The van der Waals surface area contributed by atoms with Gasteiger partial charge in [0.1, 0.15) is 0 Å². The number of aliphatic carboxylic acids is 4. The van der Waals surface area contributed by atoms with Gasteiger partial charge in [-0.05, 0) is 12.8 Å². The molecule has 1 aromatic rings. The molecule has 0 aliphatic rings. The number of hydrogen-bond acceptors (Lipinski definition) is 12. The summed E-state index contributed by atoms with van der Waals surface area (Å²) in [5.74, 6) is -6.37. The van der Waals surface area contributed by atoms with Crippen molar-refractivity contribution < 1.29 is 54.0 Å². The van der Waals surface area contributed by atoms with Crippen LogP contribution in [0.2, 0.25) is 0 Å². The smallest absolute Gasteiger partial charge is 0.317 e. The molecule has 0 aliphatic carbocycles. The van der Waals surface area contributed by atoms with Crippen molar-refractivity contribution in [3.63, 3.8) is 0 Å². The van der Waals surface area contributed by atoms with Crippen LogP contribution in [-0.2, 0) is 40.0 Å². The average molecular weight is 658 g/mol. The van der Waals surface area contributed by atoms with Gasteiger partial charge < -0.3 is 36.5 Å². The second-order valence-electron chi connectivity index (χ2n) is 10.4. The molecule has 1 rings (SSSR count). The Hall–Kier alpha value is -4.66. The maximum atomic E-state index is 12.6. The lowest BCUT2D eigenvalue weighted by molar-refractivity contribution is -0.143. The van der Waals surface area contributed by atoms with E-state index in [4.69, 9.17) is 26.2 Å². The van der Waals surface area contributed by atoms with Gasteiger partial charge in [0.2, 0.25) is 11.8 Å². The predicted molar refractivity (Wildman–Crippen MR) is 158 cm³/mol. The first-order valence-corrected chi connectivity index (χ1v) is 14.4. The number of nitrogens with two attached hydrogens (primary N) is 1. The third kappa shape index (κ3) is 19.6. The van der Waals surface area contributed by atoms with Gasteiger partial charge in [-0.1, -0.05) is 6.42 Å². The van der Waals surface area contributed by atoms with Crippen molar-refractivity contribution in [3.8, 4) is 0 Å². The molecule has 0 spiro atoms. The number of hydrogen-bond donors (Lipinski definition) is 9. The molecule has 10 N–H and O–H groups in total. The number of rotatable bonds is 25.